The van der Waals surface area contributed by atoms with Gasteiger partial charge in [-0.1, -0.05) is 11.6 Å². The minimum Gasteiger partial charge on any atom is -0.481 e. The first-order valence-electron chi connectivity index (χ1n) is 5.91. The Morgan fingerprint density at radius 2 is 2.14 bits per heavy atom. The molecule has 0 bridgehead atoms. The lowest BCUT2D eigenvalue weighted by molar-refractivity contribution is -0.383. The number of nitro benzene ring substituents is 1. The van der Waals surface area contributed by atoms with Gasteiger partial charge >= 0.3 is 5.97 Å². The Kier molecular flexibility index (Phi) is 4.42. The van der Waals surface area contributed by atoms with Crippen LogP contribution in [0.5, 0.6) is 5.88 Å². The number of pyridine rings is 1. The number of aromatic nitrogens is 1. The van der Waals surface area contributed by atoms with Crippen molar-refractivity contribution in [2.45, 2.75) is 0 Å². The highest BCUT2D eigenvalue weighted by molar-refractivity contribution is 6.34. The number of aromatic carboxylic acids is 1. The van der Waals surface area contributed by atoms with E-state index in [4.69, 9.17) is 16.3 Å². The lowest BCUT2D eigenvalue weighted by Gasteiger charge is -2.11. The number of carboxylic acid groups (broad SMARTS) is 1. The topological polar surface area (TPSA) is 115 Å². The van der Waals surface area contributed by atoms with Crippen LogP contribution in [0.1, 0.15) is 10.4 Å². The van der Waals surface area contributed by atoms with Crippen molar-refractivity contribution in [2.75, 3.05) is 12.4 Å². The second-order valence-electron chi connectivity index (χ2n) is 4.09. The fourth-order valence-electron chi connectivity index (χ4n) is 1.77. The molecular weight excluding hydrogens is 314 g/mol. The second-order valence-corrected chi connectivity index (χ2v) is 4.50. The summed E-state index contributed by atoms with van der Waals surface area (Å²) in [5, 5.41) is 22.9. The molecule has 0 spiro atoms. The molecule has 2 aromatic rings. The number of hydrogen-bond donors (Lipinski definition) is 2. The van der Waals surface area contributed by atoms with Crippen LogP contribution in [0.15, 0.2) is 30.5 Å². The summed E-state index contributed by atoms with van der Waals surface area (Å²) in [5.74, 6) is -1.03. The summed E-state index contributed by atoms with van der Waals surface area (Å²) in [6.45, 7) is 0. The molecule has 2 rings (SSSR count). The summed E-state index contributed by atoms with van der Waals surface area (Å²) in [4.78, 5) is 25.7. The molecule has 1 heterocycles. The summed E-state index contributed by atoms with van der Waals surface area (Å²) >= 11 is 5.84. The average Bonchev–Trinajstić information content (AvgIpc) is 2.47. The zero-order chi connectivity index (χ0) is 16.3. The SMILES string of the molecule is COc1ccc(Nc2c([N+](=O)[O-])ccc(Cl)c2C(=O)O)cn1. The minimum absolute atomic E-state index is 0.109. The average molecular weight is 324 g/mol. The first-order chi connectivity index (χ1) is 10.4. The Bertz CT molecular complexity index is 733. The van der Waals surface area contributed by atoms with E-state index in [-0.39, 0.29) is 16.3 Å². The van der Waals surface area contributed by atoms with Gasteiger partial charge in [0.1, 0.15) is 11.3 Å². The van der Waals surface area contributed by atoms with Crippen molar-refractivity contribution in [1.82, 2.24) is 4.98 Å². The van der Waals surface area contributed by atoms with E-state index in [1.165, 1.54) is 25.4 Å². The zero-order valence-electron chi connectivity index (χ0n) is 11.2. The van der Waals surface area contributed by atoms with E-state index >= 15 is 0 Å². The Balaban J connectivity index is 2.53. The van der Waals surface area contributed by atoms with E-state index in [1.807, 2.05) is 0 Å². The molecule has 114 valence electrons. The van der Waals surface area contributed by atoms with E-state index in [0.717, 1.165) is 6.07 Å². The molecule has 0 amide bonds. The number of halogens is 1. The van der Waals surface area contributed by atoms with Crippen LogP contribution >= 0.6 is 11.6 Å². The van der Waals surface area contributed by atoms with E-state index in [1.54, 1.807) is 6.07 Å². The van der Waals surface area contributed by atoms with Gasteiger partial charge in [0.05, 0.1) is 28.9 Å². The van der Waals surface area contributed by atoms with E-state index in [2.05, 4.69) is 10.3 Å². The molecule has 9 heteroatoms. The van der Waals surface area contributed by atoms with Crippen LogP contribution in [0, 0.1) is 10.1 Å². The third-order valence-electron chi connectivity index (χ3n) is 2.76. The molecule has 0 aliphatic heterocycles. The zero-order valence-corrected chi connectivity index (χ0v) is 12.0. The lowest BCUT2D eigenvalue weighted by atomic mass is 10.1. The number of carbonyl (C=O) groups is 1. The first-order valence-corrected chi connectivity index (χ1v) is 6.29. The van der Waals surface area contributed by atoms with Crippen molar-refractivity contribution < 1.29 is 19.6 Å². The minimum atomic E-state index is -1.38. The molecule has 0 saturated carbocycles. The Morgan fingerprint density at radius 1 is 1.41 bits per heavy atom. The van der Waals surface area contributed by atoms with Crippen molar-refractivity contribution >= 4 is 34.6 Å². The Hall–Kier alpha value is -2.87. The molecule has 22 heavy (non-hydrogen) atoms. The maximum Gasteiger partial charge on any atom is 0.339 e. The fraction of sp³-hybridized carbons (Fsp3) is 0.0769. The van der Waals surface area contributed by atoms with Crippen molar-refractivity contribution in [3.63, 3.8) is 0 Å². The summed E-state index contributed by atoms with van der Waals surface area (Å²) < 4.78 is 4.90. The number of nitrogens with one attached hydrogen (secondary N) is 1. The van der Waals surface area contributed by atoms with Gasteiger partial charge in [-0.15, -0.1) is 0 Å². The molecular formula is C13H10ClN3O5. The van der Waals surface area contributed by atoms with Crippen LogP contribution in [0.4, 0.5) is 17.1 Å². The van der Waals surface area contributed by atoms with Gasteiger partial charge in [-0.05, 0) is 12.1 Å². The second kappa shape index (κ2) is 6.27. The van der Waals surface area contributed by atoms with Gasteiger partial charge in [-0.2, -0.15) is 0 Å². The largest absolute Gasteiger partial charge is 0.481 e. The molecule has 0 fully saturated rings. The van der Waals surface area contributed by atoms with Gasteiger partial charge < -0.3 is 15.2 Å². The predicted molar refractivity (Wildman–Crippen MR) is 79.1 cm³/mol. The predicted octanol–water partition coefficient (Wildman–Crippen LogP) is 3.09. The fourth-order valence-corrected chi connectivity index (χ4v) is 2.01. The smallest absolute Gasteiger partial charge is 0.339 e. The van der Waals surface area contributed by atoms with E-state index < -0.39 is 16.6 Å². The Morgan fingerprint density at radius 3 is 2.64 bits per heavy atom. The third-order valence-corrected chi connectivity index (χ3v) is 3.07. The standard InChI is InChI=1S/C13H10ClN3O5/c1-22-10-5-2-7(6-15-10)16-12-9(17(20)21)4-3-8(14)11(12)13(18)19/h2-6,16H,1H3,(H,18,19). The highest BCUT2D eigenvalue weighted by Gasteiger charge is 2.25. The summed E-state index contributed by atoms with van der Waals surface area (Å²) in [7, 11) is 1.44. The number of carboxylic acids is 1. The van der Waals surface area contributed by atoms with E-state index in [0.29, 0.717) is 11.6 Å². The third kappa shape index (κ3) is 3.07. The van der Waals surface area contributed by atoms with Crippen LogP contribution in [0.2, 0.25) is 5.02 Å². The monoisotopic (exact) mass is 323 g/mol. The highest BCUT2D eigenvalue weighted by Crippen LogP contribution is 2.35. The van der Waals surface area contributed by atoms with Crippen LogP contribution in [-0.4, -0.2) is 28.1 Å². The molecule has 0 radical (unpaired) electrons. The number of methoxy groups -OCH3 is 1. The van der Waals surface area contributed by atoms with Crippen molar-refractivity contribution in [1.29, 1.82) is 0 Å². The van der Waals surface area contributed by atoms with Crippen LogP contribution in [0.3, 0.4) is 0 Å². The van der Waals surface area contributed by atoms with Crippen LogP contribution in [0.25, 0.3) is 0 Å². The highest BCUT2D eigenvalue weighted by atomic mass is 35.5. The van der Waals surface area contributed by atoms with Gasteiger partial charge in [0.25, 0.3) is 5.69 Å². The molecule has 1 aromatic carbocycles. The molecule has 0 aliphatic carbocycles. The maximum atomic E-state index is 11.3. The molecule has 0 saturated heterocycles. The van der Waals surface area contributed by atoms with Gasteiger partial charge in [-0.25, -0.2) is 9.78 Å². The summed E-state index contributed by atoms with van der Waals surface area (Å²) in [6.07, 6.45) is 1.36. The van der Waals surface area contributed by atoms with Crippen molar-refractivity contribution in [3.8, 4) is 5.88 Å². The molecule has 0 aliphatic rings. The summed E-state index contributed by atoms with van der Waals surface area (Å²) in [6, 6.07) is 5.37. The van der Waals surface area contributed by atoms with Crippen molar-refractivity contribution in [3.05, 3.63) is 51.2 Å². The van der Waals surface area contributed by atoms with Gasteiger partial charge in [0, 0.05) is 12.1 Å². The van der Waals surface area contributed by atoms with Gasteiger partial charge in [0.15, 0.2) is 0 Å². The van der Waals surface area contributed by atoms with Gasteiger partial charge in [0.2, 0.25) is 5.88 Å². The van der Waals surface area contributed by atoms with Crippen molar-refractivity contribution in [2.24, 2.45) is 0 Å². The van der Waals surface area contributed by atoms with Crippen LogP contribution < -0.4 is 10.1 Å². The number of rotatable bonds is 5. The van der Waals surface area contributed by atoms with E-state index in [9.17, 15) is 20.0 Å². The normalized spacial score (nSPS) is 10.1. The number of nitrogens with zero attached hydrogens (tertiary/aromatic N) is 2. The molecule has 1 aromatic heterocycles. The number of nitro groups is 1. The van der Waals surface area contributed by atoms with Gasteiger partial charge in [-0.3, -0.25) is 10.1 Å². The summed E-state index contributed by atoms with van der Waals surface area (Å²) in [5.41, 5.74) is -0.644. The van der Waals surface area contributed by atoms with Crippen LogP contribution in [-0.2, 0) is 0 Å². The Labute approximate surface area is 129 Å². The number of ether oxygens (including phenoxy) is 1. The molecule has 0 atom stereocenters. The first kappa shape index (κ1) is 15.5. The molecule has 2 N–H and O–H groups in total. The lowest BCUT2D eigenvalue weighted by Crippen LogP contribution is -2.07. The number of benzene rings is 1. The number of hydrogen-bond acceptors (Lipinski definition) is 6. The quantitative estimate of drug-likeness (QED) is 0.641. The molecule has 0 unspecified atom stereocenters. The maximum absolute atomic E-state index is 11.3. The molecule has 8 nitrogen and oxygen atoms in total. The number of anilines is 2.